The minimum atomic E-state index is -0.0135. The predicted molar refractivity (Wildman–Crippen MR) is 79.2 cm³/mol. The van der Waals surface area contributed by atoms with E-state index in [0.29, 0.717) is 13.1 Å². The number of hydrogen-bond acceptors (Lipinski definition) is 1. The third-order valence-corrected chi connectivity index (χ3v) is 3.82. The average molecular weight is 321 g/mol. The Bertz CT molecular complexity index is 639. The molecule has 0 spiro atoms. The molecule has 109 valence electrons. The summed E-state index contributed by atoms with van der Waals surface area (Å²) in [7, 11) is 0. The Morgan fingerprint density at radius 3 is 2.76 bits per heavy atom. The van der Waals surface area contributed by atoms with E-state index in [2.05, 4.69) is 30.8 Å². The standard InChI is InChI=1S/C18H16NO.Co/c1-2-18(20)19-12-15-10-6-7-11-16(15)17(13-19)14-8-4-3-5-9-14;/h2-5,7-11,17H,1,12-13H2;/q-1;/t17-;/m1./s1. The van der Waals surface area contributed by atoms with Gasteiger partial charge in [0.15, 0.2) is 0 Å². The number of rotatable bonds is 2. The first-order valence-corrected chi connectivity index (χ1v) is 6.74. The Morgan fingerprint density at radius 1 is 1.29 bits per heavy atom. The van der Waals surface area contributed by atoms with E-state index in [4.69, 9.17) is 0 Å². The maximum absolute atomic E-state index is 12.0. The van der Waals surface area contributed by atoms with Gasteiger partial charge in [-0.1, -0.05) is 36.9 Å². The number of nitrogens with zero attached hydrogens (tertiary/aromatic N) is 1. The average Bonchev–Trinajstić information content (AvgIpc) is 2.54. The van der Waals surface area contributed by atoms with Crippen molar-refractivity contribution in [2.24, 2.45) is 0 Å². The maximum Gasteiger partial charge on any atom is 0.245 e. The van der Waals surface area contributed by atoms with E-state index >= 15 is 0 Å². The van der Waals surface area contributed by atoms with Gasteiger partial charge >= 0.3 is 0 Å². The molecule has 2 aromatic rings. The third kappa shape index (κ3) is 3.09. The van der Waals surface area contributed by atoms with Crippen LogP contribution in [0.5, 0.6) is 0 Å². The van der Waals surface area contributed by atoms with E-state index in [1.54, 1.807) is 0 Å². The molecule has 1 amide bonds. The zero-order valence-electron chi connectivity index (χ0n) is 11.6. The van der Waals surface area contributed by atoms with Gasteiger partial charge in [-0.3, -0.25) is 4.79 Å². The topological polar surface area (TPSA) is 20.3 Å². The molecule has 3 rings (SSSR count). The van der Waals surface area contributed by atoms with Crippen molar-refractivity contribution in [2.45, 2.75) is 12.5 Å². The van der Waals surface area contributed by atoms with Gasteiger partial charge < -0.3 is 4.90 Å². The molecular formula is C18H16CoNO-. The van der Waals surface area contributed by atoms with E-state index in [1.807, 2.05) is 35.2 Å². The molecule has 0 aromatic heterocycles. The van der Waals surface area contributed by atoms with Crippen molar-refractivity contribution in [3.8, 4) is 0 Å². The van der Waals surface area contributed by atoms with Crippen molar-refractivity contribution < 1.29 is 21.6 Å². The van der Waals surface area contributed by atoms with Crippen molar-refractivity contribution in [1.29, 1.82) is 0 Å². The van der Waals surface area contributed by atoms with Gasteiger partial charge in [0.1, 0.15) is 0 Å². The summed E-state index contributed by atoms with van der Waals surface area (Å²) in [6, 6.07) is 19.5. The molecule has 1 aliphatic rings. The van der Waals surface area contributed by atoms with E-state index in [9.17, 15) is 4.79 Å². The van der Waals surface area contributed by atoms with E-state index in [1.165, 1.54) is 22.8 Å². The van der Waals surface area contributed by atoms with Crippen LogP contribution in [0.4, 0.5) is 0 Å². The Hall–Kier alpha value is -1.84. The number of fused-ring (bicyclic) bond motifs is 1. The van der Waals surface area contributed by atoms with Gasteiger partial charge in [0, 0.05) is 35.8 Å². The number of amides is 1. The smallest absolute Gasteiger partial charge is 0.245 e. The fourth-order valence-corrected chi connectivity index (χ4v) is 2.81. The Morgan fingerprint density at radius 2 is 2.05 bits per heavy atom. The molecule has 21 heavy (non-hydrogen) atoms. The Kier molecular flexibility index (Phi) is 4.99. The molecule has 0 aliphatic carbocycles. The fourth-order valence-electron chi connectivity index (χ4n) is 2.81. The predicted octanol–water partition coefficient (Wildman–Crippen LogP) is 3.14. The molecule has 2 aromatic carbocycles. The van der Waals surface area contributed by atoms with Gasteiger partial charge in [0.2, 0.25) is 5.91 Å². The summed E-state index contributed by atoms with van der Waals surface area (Å²) < 4.78 is 0. The van der Waals surface area contributed by atoms with E-state index in [-0.39, 0.29) is 28.6 Å². The first kappa shape index (κ1) is 15.5. The summed E-state index contributed by atoms with van der Waals surface area (Å²) in [6.07, 6.45) is 1.39. The molecule has 0 fully saturated rings. The van der Waals surface area contributed by atoms with Crippen molar-refractivity contribution in [1.82, 2.24) is 4.90 Å². The van der Waals surface area contributed by atoms with Crippen molar-refractivity contribution in [3.05, 3.63) is 83.9 Å². The molecule has 0 saturated heterocycles. The normalized spacial score (nSPS) is 16.6. The SMILES string of the molecule is C=CC(=O)N1Cc2c[c-]ccc2[C@@H](c2ccccc2)C1.[Co]. The van der Waals surface area contributed by atoms with Gasteiger partial charge in [0.05, 0.1) is 0 Å². The van der Waals surface area contributed by atoms with Crippen LogP contribution in [0.1, 0.15) is 22.6 Å². The largest absolute Gasteiger partial charge is 0.345 e. The maximum atomic E-state index is 12.0. The monoisotopic (exact) mass is 321 g/mol. The molecule has 0 bridgehead atoms. The van der Waals surface area contributed by atoms with Gasteiger partial charge in [0.25, 0.3) is 0 Å². The van der Waals surface area contributed by atoms with Gasteiger partial charge in [-0.2, -0.15) is 24.3 Å². The van der Waals surface area contributed by atoms with Crippen molar-refractivity contribution in [3.63, 3.8) is 0 Å². The number of carbonyl (C=O) groups excluding carboxylic acids is 1. The second-order valence-electron chi connectivity index (χ2n) is 5.01. The second-order valence-corrected chi connectivity index (χ2v) is 5.01. The van der Waals surface area contributed by atoms with Crippen LogP contribution in [0.15, 0.2) is 61.2 Å². The second kappa shape index (κ2) is 6.74. The number of hydrogen-bond donors (Lipinski definition) is 0. The minimum absolute atomic E-state index is 0. The molecule has 0 saturated carbocycles. The first-order valence-electron chi connectivity index (χ1n) is 6.74. The molecule has 1 aliphatic heterocycles. The Labute approximate surface area is 135 Å². The molecule has 1 heterocycles. The Balaban J connectivity index is 0.00000161. The van der Waals surface area contributed by atoms with Gasteiger partial charge in [-0.05, 0) is 11.6 Å². The summed E-state index contributed by atoms with van der Waals surface area (Å²) >= 11 is 0. The third-order valence-electron chi connectivity index (χ3n) is 3.82. The fraction of sp³-hybridized carbons (Fsp3) is 0.167. The van der Waals surface area contributed by atoms with Crippen LogP contribution in [-0.4, -0.2) is 17.4 Å². The quantitative estimate of drug-likeness (QED) is 0.615. The van der Waals surface area contributed by atoms with Crippen LogP contribution in [0.25, 0.3) is 0 Å². The van der Waals surface area contributed by atoms with Crippen LogP contribution in [-0.2, 0) is 28.1 Å². The minimum Gasteiger partial charge on any atom is -0.345 e. The van der Waals surface area contributed by atoms with E-state index < -0.39 is 0 Å². The molecule has 1 atom stereocenters. The number of benzene rings is 2. The zero-order valence-corrected chi connectivity index (χ0v) is 12.6. The summed E-state index contributed by atoms with van der Waals surface area (Å²) in [5, 5.41) is 0. The summed E-state index contributed by atoms with van der Waals surface area (Å²) in [6.45, 7) is 4.93. The van der Waals surface area contributed by atoms with Crippen LogP contribution >= 0.6 is 0 Å². The number of carbonyl (C=O) groups is 1. The molecule has 0 N–H and O–H groups in total. The van der Waals surface area contributed by atoms with Crippen molar-refractivity contribution >= 4 is 5.91 Å². The summed E-state index contributed by atoms with van der Waals surface area (Å²) in [4.78, 5) is 13.8. The molecule has 3 heteroatoms. The van der Waals surface area contributed by atoms with Crippen LogP contribution in [0.3, 0.4) is 0 Å². The van der Waals surface area contributed by atoms with E-state index in [0.717, 1.165) is 0 Å². The first-order chi connectivity index (χ1) is 9.79. The molecule has 0 unspecified atom stereocenters. The van der Waals surface area contributed by atoms with Crippen LogP contribution < -0.4 is 0 Å². The van der Waals surface area contributed by atoms with Gasteiger partial charge in [-0.15, -0.1) is 11.1 Å². The van der Waals surface area contributed by atoms with Crippen LogP contribution in [0, 0.1) is 6.07 Å². The summed E-state index contributed by atoms with van der Waals surface area (Å²) in [5.41, 5.74) is 3.70. The molecule has 2 nitrogen and oxygen atoms in total. The molecule has 1 radical (unpaired) electrons. The summed E-state index contributed by atoms with van der Waals surface area (Å²) in [5.74, 6) is 0.207. The van der Waals surface area contributed by atoms with Gasteiger partial charge in [-0.25, -0.2) is 0 Å². The zero-order chi connectivity index (χ0) is 13.9. The van der Waals surface area contributed by atoms with Crippen molar-refractivity contribution in [2.75, 3.05) is 6.54 Å². The van der Waals surface area contributed by atoms with Crippen LogP contribution in [0.2, 0.25) is 0 Å². The molecular weight excluding hydrogens is 305 g/mol.